The number of rotatable bonds is 4. The molecular weight excluding hydrogens is 280 g/mol. The Hall–Kier alpha value is -2.18. The van der Waals surface area contributed by atoms with Crippen LogP contribution < -0.4 is 10.2 Å². The largest absolute Gasteiger partial charge is 0.352 e. The van der Waals surface area contributed by atoms with Gasteiger partial charge >= 0.3 is 0 Å². The number of anilines is 1. The van der Waals surface area contributed by atoms with Crippen LogP contribution in [-0.2, 0) is 4.79 Å². The van der Waals surface area contributed by atoms with E-state index < -0.39 is 0 Å². The highest BCUT2D eigenvalue weighted by atomic mass is 16.2. The number of H-pyrrole nitrogens is 1. The zero-order valence-corrected chi connectivity index (χ0v) is 13.0. The van der Waals surface area contributed by atoms with E-state index in [1.807, 2.05) is 11.9 Å². The molecule has 0 radical (unpaired) electrons. The monoisotopic (exact) mass is 302 g/mol. The Labute approximate surface area is 129 Å². The van der Waals surface area contributed by atoms with Gasteiger partial charge in [0.15, 0.2) is 11.5 Å². The molecule has 0 bridgehead atoms. The van der Waals surface area contributed by atoms with Gasteiger partial charge in [-0.05, 0) is 31.6 Å². The van der Waals surface area contributed by atoms with Crippen LogP contribution >= 0.6 is 0 Å². The first-order valence-corrected chi connectivity index (χ1v) is 7.78. The highest BCUT2D eigenvalue weighted by Crippen LogP contribution is 2.23. The van der Waals surface area contributed by atoms with Crippen molar-refractivity contribution in [2.24, 2.45) is 5.92 Å². The minimum atomic E-state index is 0.0355. The van der Waals surface area contributed by atoms with Crippen LogP contribution in [0.2, 0.25) is 0 Å². The van der Waals surface area contributed by atoms with E-state index in [0.29, 0.717) is 17.5 Å². The third kappa shape index (κ3) is 3.18. The average Bonchev–Trinajstić information content (AvgIpc) is 2.97. The smallest absolute Gasteiger partial charge is 0.239 e. The number of aromatic amines is 1. The molecule has 0 spiro atoms. The van der Waals surface area contributed by atoms with Crippen molar-refractivity contribution in [2.75, 3.05) is 18.5 Å². The summed E-state index contributed by atoms with van der Waals surface area (Å²) in [6, 6.07) is 0.315. The van der Waals surface area contributed by atoms with Crippen LogP contribution in [0.3, 0.4) is 0 Å². The molecule has 2 aromatic rings. The Balaban J connectivity index is 1.60. The maximum Gasteiger partial charge on any atom is 0.239 e. The Morgan fingerprint density at radius 2 is 2.09 bits per heavy atom. The van der Waals surface area contributed by atoms with E-state index in [9.17, 15) is 4.79 Å². The predicted molar refractivity (Wildman–Crippen MR) is 84.5 cm³/mol. The lowest BCUT2D eigenvalue weighted by Gasteiger charge is -2.27. The summed E-state index contributed by atoms with van der Waals surface area (Å²) in [7, 11) is 1.85. The number of likely N-dealkylation sites (N-methyl/N-ethyl adjacent to an activating group) is 1. The highest BCUT2D eigenvalue weighted by molar-refractivity contribution is 5.87. The number of nitrogens with zero attached hydrogens (tertiary/aromatic N) is 4. The minimum Gasteiger partial charge on any atom is -0.352 e. The van der Waals surface area contributed by atoms with Gasteiger partial charge in [-0.2, -0.15) is 0 Å². The standard InChI is InChI=1S/C15H22N6O/c1-10-3-5-11(6-4-10)20-12(22)7-21(2)15-13-14(17-8-16-13)18-9-19-15/h8-11H,3-7H2,1-2H3,(H,20,22)(H,16,17,18,19). The Morgan fingerprint density at radius 1 is 1.32 bits per heavy atom. The number of amides is 1. The van der Waals surface area contributed by atoms with E-state index in [1.54, 1.807) is 6.33 Å². The quantitative estimate of drug-likeness (QED) is 0.893. The van der Waals surface area contributed by atoms with E-state index in [4.69, 9.17) is 0 Å². The summed E-state index contributed by atoms with van der Waals surface area (Å²) < 4.78 is 0. The van der Waals surface area contributed by atoms with Crippen LogP contribution in [0.4, 0.5) is 5.82 Å². The van der Waals surface area contributed by atoms with Gasteiger partial charge in [-0.15, -0.1) is 0 Å². The molecule has 1 fully saturated rings. The van der Waals surface area contributed by atoms with E-state index in [1.165, 1.54) is 19.2 Å². The van der Waals surface area contributed by atoms with E-state index >= 15 is 0 Å². The first kappa shape index (κ1) is 14.7. The van der Waals surface area contributed by atoms with Gasteiger partial charge in [-0.3, -0.25) is 4.79 Å². The van der Waals surface area contributed by atoms with Crippen molar-refractivity contribution in [1.82, 2.24) is 25.3 Å². The molecule has 2 heterocycles. The molecule has 1 aliphatic carbocycles. The molecule has 1 amide bonds. The molecule has 7 heteroatoms. The molecule has 118 valence electrons. The molecule has 0 saturated heterocycles. The minimum absolute atomic E-state index is 0.0355. The third-order valence-corrected chi connectivity index (χ3v) is 4.33. The van der Waals surface area contributed by atoms with Crippen molar-refractivity contribution in [2.45, 2.75) is 38.6 Å². The molecule has 7 nitrogen and oxygen atoms in total. The van der Waals surface area contributed by atoms with Crippen molar-refractivity contribution >= 4 is 22.9 Å². The zero-order chi connectivity index (χ0) is 15.5. The Bertz CT molecular complexity index is 646. The summed E-state index contributed by atoms with van der Waals surface area (Å²) >= 11 is 0. The topological polar surface area (TPSA) is 86.8 Å². The lowest BCUT2D eigenvalue weighted by Crippen LogP contribution is -2.42. The molecule has 0 aromatic carbocycles. The van der Waals surface area contributed by atoms with Crippen LogP contribution in [0.1, 0.15) is 32.6 Å². The van der Waals surface area contributed by atoms with E-state index in [-0.39, 0.29) is 12.5 Å². The number of carbonyl (C=O) groups is 1. The van der Waals surface area contributed by atoms with Crippen molar-refractivity contribution in [3.63, 3.8) is 0 Å². The molecule has 0 atom stereocenters. The van der Waals surface area contributed by atoms with Gasteiger partial charge in [-0.25, -0.2) is 15.0 Å². The average molecular weight is 302 g/mol. The summed E-state index contributed by atoms with van der Waals surface area (Å²) in [6.07, 6.45) is 7.60. The predicted octanol–water partition coefficient (Wildman–Crippen LogP) is 1.48. The van der Waals surface area contributed by atoms with Crippen molar-refractivity contribution in [3.8, 4) is 0 Å². The first-order valence-electron chi connectivity index (χ1n) is 7.78. The molecule has 0 unspecified atom stereocenters. The van der Waals surface area contributed by atoms with Gasteiger partial charge in [0.25, 0.3) is 0 Å². The van der Waals surface area contributed by atoms with Gasteiger partial charge < -0.3 is 15.2 Å². The second kappa shape index (κ2) is 6.29. The fraction of sp³-hybridized carbons (Fsp3) is 0.600. The normalized spacial score (nSPS) is 21.7. The lowest BCUT2D eigenvalue weighted by molar-refractivity contribution is -0.120. The molecule has 2 aromatic heterocycles. The lowest BCUT2D eigenvalue weighted by atomic mass is 9.87. The van der Waals surface area contributed by atoms with Gasteiger partial charge in [0.1, 0.15) is 11.8 Å². The molecule has 0 aliphatic heterocycles. The van der Waals surface area contributed by atoms with E-state index in [0.717, 1.165) is 24.3 Å². The molecule has 1 saturated carbocycles. The van der Waals surface area contributed by atoms with Crippen molar-refractivity contribution in [1.29, 1.82) is 0 Å². The van der Waals surface area contributed by atoms with Gasteiger partial charge in [0.05, 0.1) is 12.9 Å². The molecule has 2 N–H and O–H groups in total. The Morgan fingerprint density at radius 3 is 2.86 bits per heavy atom. The summed E-state index contributed by atoms with van der Waals surface area (Å²) in [5.41, 5.74) is 1.36. The van der Waals surface area contributed by atoms with Crippen LogP contribution in [0.25, 0.3) is 11.2 Å². The van der Waals surface area contributed by atoms with Crippen LogP contribution in [-0.4, -0.2) is 45.5 Å². The number of aromatic nitrogens is 4. The summed E-state index contributed by atoms with van der Waals surface area (Å²) in [6.45, 7) is 2.55. The van der Waals surface area contributed by atoms with Crippen LogP contribution in [0.5, 0.6) is 0 Å². The van der Waals surface area contributed by atoms with E-state index in [2.05, 4.69) is 32.2 Å². The first-order chi connectivity index (χ1) is 10.6. The SMILES string of the molecule is CC1CCC(NC(=O)CN(C)c2ncnc3nc[nH]c23)CC1. The molecule has 3 rings (SSSR count). The number of hydrogen-bond acceptors (Lipinski definition) is 5. The highest BCUT2D eigenvalue weighted by Gasteiger charge is 2.21. The fourth-order valence-electron chi connectivity index (χ4n) is 3.01. The van der Waals surface area contributed by atoms with Crippen molar-refractivity contribution < 1.29 is 4.79 Å². The summed E-state index contributed by atoms with van der Waals surface area (Å²) in [4.78, 5) is 29.5. The molecule has 1 aliphatic rings. The third-order valence-electron chi connectivity index (χ3n) is 4.33. The fourth-order valence-corrected chi connectivity index (χ4v) is 3.01. The van der Waals surface area contributed by atoms with Gasteiger partial charge in [-0.1, -0.05) is 6.92 Å². The van der Waals surface area contributed by atoms with Gasteiger partial charge in [0.2, 0.25) is 5.91 Å². The Kier molecular flexibility index (Phi) is 4.22. The number of imidazole rings is 1. The molecule has 22 heavy (non-hydrogen) atoms. The van der Waals surface area contributed by atoms with Crippen LogP contribution in [0, 0.1) is 5.92 Å². The number of nitrogens with one attached hydrogen (secondary N) is 2. The second-order valence-corrected chi connectivity index (χ2v) is 6.18. The van der Waals surface area contributed by atoms with Crippen molar-refractivity contribution in [3.05, 3.63) is 12.7 Å². The second-order valence-electron chi connectivity index (χ2n) is 6.18. The zero-order valence-electron chi connectivity index (χ0n) is 13.0. The molecular formula is C15H22N6O. The number of carbonyl (C=O) groups excluding carboxylic acids is 1. The number of hydrogen-bond donors (Lipinski definition) is 2. The van der Waals surface area contributed by atoms with Gasteiger partial charge in [0, 0.05) is 13.1 Å². The maximum absolute atomic E-state index is 12.2. The van der Waals surface area contributed by atoms with Crippen LogP contribution in [0.15, 0.2) is 12.7 Å². The summed E-state index contributed by atoms with van der Waals surface area (Å²) in [5.74, 6) is 1.51. The number of fused-ring (bicyclic) bond motifs is 1. The summed E-state index contributed by atoms with van der Waals surface area (Å²) in [5, 5.41) is 3.13. The maximum atomic E-state index is 12.2.